The Morgan fingerprint density at radius 2 is 1.69 bits per heavy atom. The molecule has 8 nitrogen and oxygen atoms in total. The molecule has 0 bridgehead atoms. The number of aromatic amines is 1. The summed E-state index contributed by atoms with van der Waals surface area (Å²) in [6, 6.07) is 13.5. The highest BCUT2D eigenvalue weighted by molar-refractivity contribution is 6.05. The Kier molecular flexibility index (Phi) is 4.48. The van der Waals surface area contributed by atoms with E-state index < -0.39 is 0 Å². The highest BCUT2D eigenvalue weighted by Gasteiger charge is 2.37. The van der Waals surface area contributed by atoms with E-state index in [4.69, 9.17) is 0 Å². The molecule has 8 heteroatoms. The van der Waals surface area contributed by atoms with Gasteiger partial charge in [-0.2, -0.15) is 5.10 Å². The SMILES string of the molecule is O=C(c1n[nH]c(=O)c2ccccc12)N1CC(N2CCN(c3ccccn3)CC2)C1. The van der Waals surface area contributed by atoms with Crippen molar-refractivity contribution < 1.29 is 4.79 Å². The maximum atomic E-state index is 12.9. The minimum atomic E-state index is -0.274. The van der Waals surface area contributed by atoms with Crippen molar-refractivity contribution in [2.24, 2.45) is 0 Å². The number of rotatable bonds is 3. The molecule has 4 heterocycles. The molecule has 5 rings (SSSR count). The van der Waals surface area contributed by atoms with Gasteiger partial charge in [-0.25, -0.2) is 10.1 Å². The summed E-state index contributed by atoms with van der Waals surface area (Å²) in [5, 5.41) is 7.58. The largest absolute Gasteiger partial charge is 0.354 e. The molecule has 0 radical (unpaired) electrons. The fourth-order valence-corrected chi connectivity index (χ4v) is 4.14. The number of nitrogens with one attached hydrogen (secondary N) is 1. The number of benzene rings is 1. The van der Waals surface area contributed by atoms with Gasteiger partial charge in [0, 0.05) is 56.9 Å². The van der Waals surface area contributed by atoms with E-state index in [1.54, 1.807) is 18.2 Å². The maximum Gasteiger partial charge on any atom is 0.275 e. The van der Waals surface area contributed by atoms with Gasteiger partial charge in [0.15, 0.2) is 5.69 Å². The molecule has 0 saturated carbocycles. The predicted octanol–water partition coefficient (Wildman–Crippen LogP) is 0.965. The Morgan fingerprint density at radius 3 is 2.41 bits per heavy atom. The van der Waals surface area contributed by atoms with Crippen molar-refractivity contribution in [3.8, 4) is 0 Å². The molecule has 3 aromatic rings. The van der Waals surface area contributed by atoms with Crippen molar-refractivity contribution in [3.05, 3.63) is 64.7 Å². The Morgan fingerprint density at radius 1 is 0.966 bits per heavy atom. The molecule has 2 aliphatic rings. The summed E-state index contributed by atoms with van der Waals surface area (Å²) >= 11 is 0. The quantitative estimate of drug-likeness (QED) is 0.717. The topological polar surface area (TPSA) is 85.4 Å². The zero-order valence-electron chi connectivity index (χ0n) is 16.0. The van der Waals surface area contributed by atoms with Crippen LogP contribution in [0.25, 0.3) is 10.8 Å². The predicted molar refractivity (Wildman–Crippen MR) is 110 cm³/mol. The summed E-state index contributed by atoms with van der Waals surface area (Å²) in [4.78, 5) is 35.8. The third kappa shape index (κ3) is 3.25. The lowest BCUT2D eigenvalue weighted by atomic mass is 10.0. The molecular formula is C21H22N6O2. The average Bonchev–Trinajstić information content (AvgIpc) is 2.74. The van der Waals surface area contributed by atoms with Crippen LogP contribution in [0.2, 0.25) is 0 Å². The number of hydrogen-bond acceptors (Lipinski definition) is 6. The molecule has 1 amide bonds. The molecule has 29 heavy (non-hydrogen) atoms. The summed E-state index contributed by atoms with van der Waals surface area (Å²) in [5.74, 6) is 0.898. The van der Waals surface area contributed by atoms with Gasteiger partial charge < -0.3 is 9.80 Å². The lowest BCUT2D eigenvalue weighted by Crippen LogP contribution is -2.64. The Labute approximate surface area is 167 Å². The first-order chi connectivity index (χ1) is 14.2. The lowest BCUT2D eigenvalue weighted by molar-refractivity contribution is 0.0242. The van der Waals surface area contributed by atoms with E-state index in [2.05, 4.69) is 25.0 Å². The molecule has 0 spiro atoms. The van der Waals surface area contributed by atoms with Crippen LogP contribution >= 0.6 is 0 Å². The summed E-state index contributed by atoms with van der Waals surface area (Å²) in [6.07, 6.45) is 1.83. The van der Waals surface area contributed by atoms with Gasteiger partial charge in [0.25, 0.3) is 11.5 Å². The second kappa shape index (κ2) is 7.29. The van der Waals surface area contributed by atoms with E-state index in [-0.39, 0.29) is 11.5 Å². The van der Waals surface area contributed by atoms with Crippen molar-refractivity contribution in [2.45, 2.75) is 6.04 Å². The number of carbonyl (C=O) groups is 1. The second-order valence-corrected chi connectivity index (χ2v) is 7.52. The summed E-state index contributed by atoms with van der Waals surface area (Å²) < 4.78 is 0. The standard InChI is InChI=1S/C21H22N6O2/c28-20-17-6-2-1-5-16(17)19(23-24-20)21(29)27-13-15(14-27)25-9-11-26(12-10-25)18-7-3-4-8-22-18/h1-8,15H,9-14H2,(H,24,28). The van der Waals surface area contributed by atoms with E-state index in [0.717, 1.165) is 32.0 Å². The second-order valence-electron chi connectivity index (χ2n) is 7.52. The van der Waals surface area contributed by atoms with Crippen LogP contribution < -0.4 is 10.5 Å². The van der Waals surface area contributed by atoms with Crippen LogP contribution in [0.15, 0.2) is 53.5 Å². The van der Waals surface area contributed by atoms with Gasteiger partial charge in [0.05, 0.1) is 5.39 Å². The molecule has 0 aliphatic carbocycles. The lowest BCUT2D eigenvalue weighted by Gasteiger charge is -2.48. The Bertz CT molecular complexity index is 1090. The highest BCUT2D eigenvalue weighted by atomic mass is 16.2. The fraction of sp³-hybridized carbons (Fsp3) is 0.333. The zero-order chi connectivity index (χ0) is 19.8. The van der Waals surface area contributed by atoms with Crippen molar-refractivity contribution in [2.75, 3.05) is 44.2 Å². The van der Waals surface area contributed by atoms with Gasteiger partial charge in [-0.3, -0.25) is 14.5 Å². The van der Waals surface area contributed by atoms with Crippen LogP contribution in [0.1, 0.15) is 10.5 Å². The van der Waals surface area contributed by atoms with Gasteiger partial charge in [-0.15, -0.1) is 0 Å². The third-order valence-corrected chi connectivity index (χ3v) is 5.85. The van der Waals surface area contributed by atoms with Gasteiger partial charge >= 0.3 is 0 Å². The van der Waals surface area contributed by atoms with Crippen LogP contribution in [-0.4, -0.2) is 76.2 Å². The molecule has 2 fully saturated rings. The number of amides is 1. The summed E-state index contributed by atoms with van der Waals surface area (Å²) in [5.41, 5.74) is 0.0445. The Balaban J connectivity index is 1.21. The van der Waals surface area contributed by atoms with Crippen LogP contribution in [0.3, 0.4) is 0 Å². The third-order valence-electron chi connectivity index (χ3n) is 5.85. The molecule has 1 N–H and O–H groups in total. The highest BCUT2D eigenvalue weighted by Crippen LogP contribution is 2.22. The first-order valence-electron chi connectivity index (χ1n) is 9.87. The molecule has 2 aromatic heterocycles. The van der Waals surface area contributed by atoms with Crippen LogP contribution in [0.5, 0.6) is 0 Å². The Hall–Kier alpha value is -3.26. The molecular weight excluding hydrogens is 368 g/mol. The number of aromatic nitrogens is 3. The summed E-state index contributed by atoms with van der Waals surface area (Å²) in [7, 11) is 0. The molecule has 0 atom stereocenters. The van der Waals surface area contributed by atoms with E-state index in [9.17, 15) is 9.59 Å². The first-order valence-corrected chi connectivity index (χ1v) is 9.87. The van der Waals surface area contributed by atoms with E-state index >= 15 is 0 Å². The number of nitrogens with zero attached hydrogens (tertiary/aromatic N) is 5. The van der Waals surface area contributed by atoms with Gasteiger partial charge in [-0.05, 0) is 18.2 Å². The molecule has 1 aromatic carbocycles. The molecule has 148 valence electrons. The monoisotopic (exact) mass is 390 g/mol. The number of fused-ring (bicyclic) bond motifs is 1. The normalized spacial score (nSPS) is 18.1. The molecule has 2 aliphatic heterocycles. The van der Waals surface area contributed by atoms with Crippen molar-refractivity contribution in [3.63, 3.8) is 0 Å². The smallest absolute Gasteiger partial charge is 0.275 e. The first kappa shape index (κ1) is 17.8. The van der Waals surface area contributed by atoms with E-state index in [1.165, 1.54) is 0 Å². The minimum absolute atomic E-state index is 0.124. The number of carbonyl (C=O) groups excluding carboxylic acids is 1. The number of likely N-dealkylation sites (tertiary alicyclic amines) is 1. The zero-order valence-corrected chi connectivity index (χ0v) is 16.0. The number of hydrogen-bond donors (Lipinski definition) is 1. The number of H-pyrrole nitrogens is 1. The molecule has 0 unspecified atom stereocenters. The van der Waals surface area contributed by atoms with Crippen LogP contribution in [0, 0.1) is 0 Å². The molecule has 2 saturated heterocycles. The fourth-order valence-electron chi connectivity index (χ4n) is 4.14. The average molecular weight is 390 g/mol. The number of piperazine rings is 1. The van der Waals surface area contributed by atoms with E-state index in [1.807, 2.05) is 35.4 Å². The van der Waals surface area contributed by atoms with Gasteiger partial charge in [0.1, 0.15) is 5.82 Å². The number of anilines is 1. The van der Waals surface area contributed by atoms with Gasteiger partial charge in [0.2, 0.25) is 0 Å². The van der Waals surface area contributed by atoms with Gasteiger partial charge in [-0.1, -0.05) is 24.3 Å². The van der Waals surface area contributed by atoms with Crippen molar-refractivity contribution >= 4 is 22.5 Å². The maximum absolute atomic E-state index is 12.9. The van der Waals surface area contributed by atoms with Crippen molar-refractivity contribution in [1.82, 2.24) is 25.0 Å². The van der Waals surface area contributed by atoms with Crippen molar-refractivity contribution in [1.29, 1.82) is 0 Å². The minimum Gasteiger partial charge on any atom is -0.354 e. The van der Waals surface area contributed by atoms with Crippen LogP contribution in [-0.2, 0) is 0 Å². The summed E-state index contributed by atoms with van der Waals surface area (Å²) in [6.45, 7) is 5.18. The van der Waals surface area contributed by atoms with E-state index in [0.29, 0.717) is 35.6 Å². The number of pyridine rings is 1. The van der Waals surface area contributed by atoms with Crippen LogP contribution in [0.4, 0.5) is 5.82 Å².